The van der Waals surface area contributed by atoms with E-state index in [1.165, 1.54) is 0 Å². The third-order valence-corrected chi connectivity index (χ3v) is 7.76. The van der Waals surface area contributed by atoms with Crippen LogP contribution in [0.15, 0.2) is 18.3 Å². The van der Waals surface area contributed by atoms with Gasteiger partial charge in [0.2, 0.25) is 5.91 Å². The maximum Gasteiger partial charge on any atom is 0.443 e. The standard InChI is InChI=1S/C24H27F3N4O3S/c1-14-18(35-21(29-14)24(25,26)27)13-31-17-12-30(19(32)7-4-9-23(2,3)22(33)34)11-8-15(17)16-6-5-10-28-20(16)31/h5-6,10H,4,7-9,11-13H2,1-3H3,(H,33,34). The molecule has 1 aliphatic rings. The van der Waals surface area contributed by atoms with Gasteiger partial charge in [-0.15, -0.1) is 11.3 Å². The lowest BCUT2D eigenvalue weighted by Crippen LogP contribution is -2.36. The zero-order valence-corrected chi connectivity index (χ0v) is 20.6. The summed E-state index contributed by atoms with van der Waals surface area (Å²) in [6, 6.07) is 3.78. The fourth-order valence-corrected chi connectivity index (χ4v) is 5.35. The topological polar surface area (TPSA) is 88.3 Å². The molecular weight excluding hydrogens is 481 g/mol. The van der Waals surface area contributed by atoms with Gasteiger partial charge in [0.25, 0.3) is 0 Å². The Morgan fingerprint density at radius 3 is 2.66 bits per heavy atom. The first kappa shape index (κ1) is 25.2. The number of pyridine rings is 1. The third kappa shape index (κ3) is 5.05. The summed E-state index contributed by atoms with van der Waals surface area (Å²) in [6.45, 7) is 5.91. The van der Waals surface area contributed by atoms with Crippen LogP contribution in [-0.2, 0) is 35.3 Å². The van der Waals surface area contributed by atoms with E-state index in [0.717, 1.165) is 16.6 Å². The van der Waals surface area contributed by atoms with Gasteiger partial charge >= 0.3 is 12.1 Å². The fraction of sp³-hybridized carbons (Fsp3) is 0.500. The van der Waals surface area contributed by atoms with Gasteiger partial charge in [0.05, 0.1) is 24.2 Å². The van der Waals surface area contributed by atoms with Gasteiger partial charge in [-0.3, -0.25) is 9.59 Å². The molecule has 0 aliphatic carbocycles. The Morgan fingerprint density at radius 2 is 2.00 bits per heavy atom. The van der Waals surface area contributed by atoms with Gasteiger partial charge in [-0.2, -0.15) is 13.2 Å². The van der Waals surface area contributed by atoms with Crippen molar-refractivity contribution in [1.29, 1.82) is 0 Å². The van der Waals surface area contributed by atoms with Gasteiger partial charge in [-0.25, -0.2) is 9.97 Å². The van der Waals surface area contributed by atoms with Gasteiger partial charge in [-0.05, 0) is 57.7 Å². The molecule has 11 heteroatoms. The van der Waals surface area contributed by atoms with Crippen molar-refractivity contribution in [1.82, 2.24) is 19.4 Å². The molecule has 0 aromatic carbocycles. The van der Waals surface area contributed by atoms with Crippen molar-refractivity contribution in [3.8, 4) is 0 Å². The number of nitrogens with zero attached hydrogens (tertiary/aromatic N) is 4. The molecule has 7 nitrogen and oxygen atoms in total. The highest BCUT2D eigenvalue weighted by Gasteiger charge is 2.36. The Morgan fingerprint density at radius 1 is 1.26 bits per heavy atom. The molecule has 0 fully saturated rings. The summed E-state index contributed by atoms with van der Waals surface area (Å²) in [4.78, 5) is 34.7. The second kappa shape index (κ2) is 9.25. The molecule has 3 aromatic rings. The normalized spacial score (nSPS) is 14.4. The maximum absolute atomic E-state index is 13.2. The highest BCUT2D eigenvalue weighted by atomic mass is 32.1. The van der Waals surface area contributed by atoms with Crippen molar-refractivity contribution < 1.29 is 27.9 Å². The van der Waals surface area contributed by atoms with Crippen LogP contribution in [-0.4, -0.2) is 43.0 Å². The number of carbonyl (C=O) groups excluding carboxylic acids is 1. The fourth-order valence-electron chi connectivity index (χ4n) is 4.43. The Bertz CT molecular complexity index is 1280. The summed E-state index contributed by atoms with van der Waals surface area (Å²) in [5, 5.41) is 9.35. The Hall–Kier alpha value is -2.95. The molecule has 1 aliphatic heterocycles. The first-order chi connectivity index (χ1) is 16.4. The van der Waals surface area contributed by atoms with Crippen molar-refractivity contribution in [2.75, 3.05) is 6.54 Å². The van der Waals surface area contributed by atoms with E-state index in [0.29, 0.717) is 59.9 Å². The zero-order valence-electron chi connectivity index (χ0n) is 19.8. The number of halogens is 3. The zero-order chi connectivity index (χ0) is 25.5. The quantitative estimate of drug-likeness (QED) is 0.483. The molecule has 35 heavy (non-hydrogen) atoms. The van der Waals surface area contributed by atoms with Crippen molar-refractivity contribution >= 4 is 34.2 Å². The number of aryl methyl sites for hydroxylation is 1. The summed E-state index contributed by atoms with van der Waals surface area (Å²) < 4.78 is 41.5. The summed E-state index contributed by atoms with van der Waals surface area (Å²) in [5.41, 5.74) is 2.04. The molecular formula is C24H27F3N4O3S. The average Bonchev–Trinajstić information content (AvgIpc) is 3.32. The number of hydrogen-bond acceptors (Lipinski definition) is 5. The second-order valence-electron chi connectivity index (χ2n) is 9.52. The predicted molar refractivity (Wildman–Crippen MR) is 125 cm³/mol. The van der Waals surface area contributed by atoms with Crippen LogP contribution in [0.1, 0.15) is 59.9 Å². The second-order valence-corrected chi connectivity index (χ2v) is 10.6. The van der Waals surface area contributed by atoms with E-state index in [1.807, 2.05) is 16.7 Å². The monoisotopic (exact) mass is 508 g/mol. The van der Waals surface area contributed by atoms with Crippen LogP contribution >= 0.6 is 11.3 Å². The molecule has 0 radical (unpaired) electrons. The van der Waals surface area contributed by atoms with Gasteiger partial charge in [0.15, 0.2) is 5.01 Å². The molecule has 4 heterocycles. The molecule has 188 valence electrons. The molecule has 1 N–H and O–H groups in total. The largest absolute Gasteiger partial charge is 0.481 e. The van der Waals surface area contributed by atoms with E-state index in [-0.39, 0.29) is 18.9 Å². The minimum absolute atomic E-state index is 0.0602. The van der Waals surface area contributed by atoms with Gasteiger partial charge in [0.1, 0.15) is 5.65 Å². The molecule has 0 saturated carbocycles. The van der Waals surface area contributed by atoms with Crippen molar-refractivity contribution in [2.45, 2.75) is 65.7 Å². The smallest absolute Gasteiger partial charge is 0.443 e. The molecule has 1 amide bonds. The third-order valence-electron chi connectivity index (χ3n) is 6.57. The van der Waals surface area contributed by atoms with Crippen LogP contribution < -0.4 is 0 Å². The van der Waals surface area contributed by atoms with Gasteiger partial charge < -0.3 is 14.6 Å². The highest BCUT2D eigenvalue weighted by molar-refractivity contribution is 7.11. The van der Waals surface area contributed by atoms with E-state index in [9.17, 15) is 27.9 Å². The lowest BCUT2D eigenvalue weighted by Gasteiger charge is -2.29. The summed E-state index contributed by atoms with van der Waals surface area (Å²) in [6.07, 6.45) is -1.13. The highest BCUT2D eigenvalue weighted by Crippen LogP contribution is 2.36. The Kier molecular flexibility index (Phi) is 6.65. The first-order valence-corrected chi connectivity index (χ1v) is 12.2. The van der Waals surface area contributed by atoms with Gasteiger partial charge in [0, 0.05) is 35.1 Å². The lowest BCUT2D eigenvalue weighted by molar-refractivity contribution is -0.147. The van der Waals surface area contributed by atoms with Crippen LogP contribution in [0, 0.1) is 12.3 Å². The van der Waals surface area contributed by atoms with E-state index in [4.69, 9.17) is 0 Å². The number of thiazole rings is 1. The van der Waals surface area contributed by atoms with Crippen LogP contribution in [0.25, 0.3) is 11.0 Å². The number of aromatic nitrogens is 3. The molecule has 0 spiro atoms. The Balaban J connectivity index is 1.59. The van der Waals surface area contributed by atoms with Gasteiger partial charge in [-0.1, -0.05) is 0 Å². The molecule has 0 bridgehead atoms. The predicted octanol–water partition coefficient (Wildman–Crippen LogP) is 5.03. The van der Waals surface area contributed by atoms with Crippen molar-refractivity contribution in [3.05, 3.63) is 45.2 Å². The SMILES string of the molecule is Cc1nc(C(F)(F)F)sc1Cn1c2c(c3cccnc31)CCN(C(=O)CCCC(C)(C)C(=O)O)C2. The number of amides is 1. The molecule has 3 aromatic heterocycles. The minimum atomic E-state index is -4.50. The summed E-state index contributed by atoms with van der Waals surface area (Å²) in [5.74, 6) is -0.952. The van der Waals surface area contributed by atoms with Crippen molar-refractivity contribution in [2.24, 2.45) is 5.41 Å². The minimum Gasteiger partial charge on any atom is -0.481 e. The van der Waals surface area contributed by atoms with Crippen LogP contribution in [0.4, 0.5) is 13.2 Å². The van der Waals surface area contributed by atoms with E-state index in [2.05, 4.69) is 9.97 Å². The average molecular weight is 509 g/mol. The first-order valence-electron chi connectivity index (χ1n) is 11.4. The maximum atomic E-state index is 13.2. The molecule has 0 saturated heterocycles. The molecule has 4 rings (SSSR count). The van der Waals surface area contributed by atoms with E-state index < -0.39 is 22.6 Å². The number of fused-ring (bicyclic) bond motifs is 3. The van der Waals surface area contributed by atoms with E-state index >= 15 is 0 Å². The number of aliphatic carboxylic acids is 1. The van der Waals surface area contributed by atoms with Crippen LogP contribution in [0.2, 0.25) is 0 Å². The van der Waals surface area contributed by atoms with Crippen LogP contribution in [0.3, 0.4) is 0 Å². The molecule has 0 unspecified atom stereocenters. The number of rotatable bonds is 7. The lowest BCUT2D eigenvalue weighted by atomic mass is 9.87. The number of carboxylic acid groups (broad SMARTS) is 1. The van der Waals surface area contributed by atoms with Crippen LogP contribution in [0.5, 0.6) is 0 Å². The van der Waals surface area contributed by atoms with Crippen molar-refractivity contribution in [3.63, 3.8) is 0 Å². The number of carbonyl (C=O) groups is 2. The van der Waals surface area contributed by atoms with E-state index in [1.54, 1.807) is 31.9 Å². The number of hydrogen-bond donors (Lipinski definition) is 1. The molecule has 0 atom stereocenters. The Labute approximate surface area is 204 Å². The number of carboxylic acids is 1. The summed E-state index contributed by atoms with van der Waals surface area (Å²) >= 11 is 0.633. The number of alkyl halides is 3. The summed E-state index contributed by atoms with van der Waals surface area (Å²) in [7, 11) is 0.